The smallest absolute Gasteiger partial charge is 0.123 e. The van der Waals surface area contributed by atoms with Crippen LogP contribution in [0.15, 0.2) is 24.3 Å². The van der Waals surface area contributed by atoms with Gasteiger partial charge in [-0.2, -0.15) is 0 Å². The van der Waals surface area contributed by atoms with Crippen LogP contribution in [0, 0.1) is 18.2 Å². The highest BCUT2D eigenvalue weighted by molar-refractivity contribution is 5.23. The summed E-state index contributed by atoms with van der Waals surface area (Å²) in [5.74, 6) is 3.07. The van der Waals surface area contributed by atoms with Crippen LogP contribution in [0.5, 0.6) is 0 Å². The Morgan fingerprint density at radius 1 is 1.31 bits per heavy atom. The van der Waals surface area contributed by atoms with Crippen molar-refractivity contribution < 1.29 is 4.39 Å². The van der Waals surface area contributed by atoms with E-state index in [-0.39, 0.29) is 5.82 Å². The van der Waals surface area contributed by atoms with E-state index in [1.807, 2.05) is 12.1 Å². The molecule has 16 heavy (non-hydrogen) atoms. The van der Waals surface area contributed by atoms with Crippen LogP contribution in [0.2, 0.25) is 0 Å². The molecule has 0 radical (unpaired) electrons. The highest BCUT2D eigenvalue weighted by atomic mass is 19.1. The molecule has 2 heteroatoms. The fourth-order valence-electron chi connectivity index (χ4n) is 2.10. The molecule has 0 aliphatic carbocycles. The zero-order valence-electron chi connectivity index (χ0n) is 9.32. The third-order valence-electron chi connectivity index (χ3n) is 3.09. The normalized spacial score (nSPS) is 16.8. The summed E-state index contributed by atoms with van der Waals surface area (Å²) in [6.45, 7) is 3.24. The summed E-state index contributed by atoms with van der Waals surface area (Å²) < 4.78 is 12.7. The fourth-order valence-corrected chi connectivity index (χ4v) is 2.10. The molecular formula is C14H16FN. The molecule has 0 spiro atoms. The Bertz CT molecular complexity index is 371. The van der Waals surface area contributed by atoms with Crippen LogP contribution in [0.3, 0.4) is 0 Å². The molecular weight excluding hydrogens is 201 g/mol. The van der Waals surface area contributed by atoms with E-state index in [1.54, 1.807) is 0 Å². The first-order chi connectivity index (χ1) is 7.79. The number of rotatable bonds is 4. The second kappa shape index (κ2) is 5.14. The van der Waals surface area contributed by atoms with Crippen molar-refractivity contribution in [2.45, 2.75) is 18.8 Å². The van der Waals surface area contributed by atoms with Crippen molar-refractivity contribution in [1.82, 2.24) is 4.90 Å². The predicted octanol–water partition coefficient (Wildman–Crippen LogP) is 2.64. The molecule has 0 aromatic heterocycles. The molecule has 2 rings (SSSR count). The second-order valence-corrected chi connectivity index (χ2v) is 4.32. The van der Waals surface area contributed by atoms with Crippen LogP contribution in [0.1, 0.15) is 24.3 Å². The molecule has 0 amide bonds. The van der Waals surface area contributed by atoms with Gasteiger partial charge in [-0.25, -0.2) is 4.39 Å². The summed E-state index contributed by atoms with van der Waals surface area (Å²) in [5, 5.41) is 0. The number of nitrogens with zero attached hydrogens (tertiary/aromatic N) is 1. The Morgan fingerprint density at radius 2 is 2.00 bits per heavy atom. The van der Waals surface area contributed by atoms with Gasteiger partial charge >= 0.3 is 0 Å². The van der Waals surface area contributed by atoms with Crippen molar-refractivity contribution in [3.8, 4) is 12.3 Å². The minimum Gasteiger partial charge on any atom is -0.302 e. The molecule has 1 fully saturated rings. The lowest BCUT2D eigenvalue weighted by Gasteiger charge is -2.39. The van der Waals surface area contributed by atoms with Crippen LogP contribution in [-0.4, -0.2) is 24.5 Å². The molecule has 0 bridgehead atoms. The summed E-state index contributed by atoms with van der Waals surface area (Å²) >= 11 is 0. The number of hydrogen-bond acceptors (Lipinski definition) is 1. The first kappa shape index (κ1) is 11.2. The molecule has 0 atom stereocenters. The lowest BCUT2D eigenvalue weighted by atomic mass is 9.91. The summed E-state index contributed by atoms with van der Waals surface area (Å²) in [6, 6.07) is 6.85. The fraction of sp³-hybridized carbons (Fsp3) is 0.429. The van der Waals surface area contributed by atoms with E-state index >= 15 is 0 Å². The maximum absolute atomic E-state index is 12.7. The number of hydrogen-bond donors (Lipinski definition) is 0. The molecule has 1 saturated heterocycles. The van der Waals surface area contributed by atoms with Crippen molar-refractivity contribution in [2.75, 3.05) is 19.6 Å². The summed E-state index contributed by atoms with van der Waals surface area (Å²) in [4.78, 5) is 2.39. The first-order valence-corrected chi connectivity index (χ1v) is 5.71. The molecule has 0 unspecified atom stereocenters. The first-order valence-electron chi connectivity index (χ1n) is 5.71. The molecule has 1 nitrogen and oxygen atoms in total. The summed E-state index contributed by atoms with van der Waals surface area (Å²) in [7, 11) is 0. The van der Waals surface area contributed by atoms with E-state index < -0.39 is 0 Å². The van der Waals surface area contributed by atoms with Gasteiger partial charge in [0.05, 0.1) is 0 Å². The monoisotopic (exact) mass is 217 g/mol. The molecule has 1 aliphatic rings. The van der Waals surface area contributed by atoms with Gasteiger partial charge in [-0.1, -0.05) is 12.1 Å². The molecule has 1 aliphatic heterocycles. The Hall–Kier alpha value is -1.33. The summed E-state index contributed by atoms with van der Waals surface area (Å²) in [6.07, 6.45) is 7.14. The van der Waals surface area contributed by atoms with Crippen LogP contribution < -0.4 is 0 Å². The van der Waals surface area contributed by atoms with Crippen LogP contribution in [-0.2, 0) is 0 Å². The van der Waals surface area contributed by atoms with Gasteiger partial charge in [0.15, 0.2) is 0 Å². The lowest BCUT2D eigenvalue weighted by molar-refractivity contribution is 0.147. The second-order valence-electron chi connectivity index (χ2n) is 4.32. The zero-order chi connectivity index (χ0) is 11.4. The average molecular weight is 217 g/mol. The minimum atomic E-state index is -0.158. The van der Waals surface area contributed by atoms with Crippen LogP contribution in [0.25, 0.3) is 0 Å². The summed E-state index contributed by atoms with van der Waals surface area (Å²) in [5.41, 5.74) is 1.24. The van der Waals surface area contributed by atoms with E-state index in [4.69, 9.17) is 6.42 Å². The minimum absolute atomic E-state index is 0.158. The van der Waals surface area contributed by atoms with Gasteiger partial charge in [0.2, 0.25) is 0 Å². The molecule has 1 aromatic carbocycles. The van der Waals surface area contributed by atoms with Crippen LogP contribution >= 0.6 is 0 Å². The maximum Gasteiger partial charge on any atom is 0.123 e. The van der Waals surface area contributed by atoms with Crippen molar-refractivity contribution >= 4 is 0 Å². The number of unbranched alkanes of at least 4 members (excludes halogenated alkanes) is 1. The van der Waals surface area contributed by atoms with E-state index in [0.717, 1.165) is 32.5 Å². The van der Waals surface area contributed by atoms with Gasteiger partial charge < -0.3 is 4.90 Å². The van der Waals surface area contributed by atoms with Crippen LogP contribution in [0.4, 0.5) is 4.39 Å². The number of terminal acetylenes is 1. The number of halogens is 1. The highest BCUT2D eigenvalue weighted by Crippen LogP contribution is 2.26. The average Bonchev–Trinajstić information content (AvgIpc) is 2.23. The number of likely N-dealkylation sites (tertiary alicyclic amines) is 1. The topological polar surface area (TPSA) is 3.24 Å². The van der Waals surface area contributed by atoms with Crippen molar-refractivity contribution in [1.29, 1.82) is 0 Å². The number of benzene rings is 1. The molecule has 1 aromatic rings. The molecule has 0 N–H and O–H groups in total. The molecule has 0 saturated carbocycles. The van der Waals surface area contributed by atoms with E-state index in [2.05, 4.69) is 10.8 Å². The quantitative estimate of drug-likeness (QED) is 0.553. The Labute approximate surface area is 96.3 Å². The van der Waals surface area contributed by atoms with E-state index in [1.165, 1.54) is 17.7 Å². The third-order valence-corrected chi connectivity index (χ3v) is 3.09. The largest absolute Gasteiger partial charge is 0.302 e. The lowest BCUT2D eigenvalue weighted by Crippen LogP contribution is -2.45. The van der Waals surface area contributed by atoms with E-state index in [9.17, 15) is 4.39 Å². The Morgan fingerprint density at radius 3 is 2.62 bits per heavy atom. The SMILES string of the molecule is C#CCCCN1CC(c2ccc(F)cc2)C1. The van der Waals surface area contributed by atoms with Gasteiger partial charge in [-0.3, -0.25) is 0 Å². The third kappa shape index (κ3) is 2.62. The van der Waals surface area contributed by atoms with Gasteiger partial charge in [0.1, 0.15) is 5.82 Å². The highest BCUT2D eigenvalue weighted by Gasteiger charge is 2.26. The predicted molar refractivity (Wildman–Crippen MR) is 63.6 cm³/mol. The standard InChI is InChI=1S/C14H16FN/c1-2-3-4-9-16-10-13(11-16)12-5-7-14(15)8-6-12/h1,5-8,13H,3-4,9-11H2. The van der Waals surface area contributed by atoms with Gasteiger partial charge in [-0.05, 0) is 30.7 Å². The van der Waals surface area contributed by atoms with Gasteiger partial charge in [0, 0.05) is 25.4 Å². The van der Waals surface area contributed by atoms with Crippen molar-refractivity contribution in [2.24, 2.45) is 0 Å². The maximum atomic E-state index is 12.7. The molecule has 84 valence electrons. The van der Waals surface area contributed by atoms with Gasteiger partial charge in [-0.15, -0.1) is 12.3 Å². The Kier molecular flexibility index (Phi) is 3.58. The van der Waals surface area contributed by atoms with E-state index in [0.29, 0.717) is 5.92 Å². The van der Waals surface area contributed by atoms with Gasteiger partial charge in [0.25, 0.3) is 0 Å². The zero-order valence-corrected chi connectivity index (χ0v) is 9.32. The van der Waals surface area contributed by atoms with Crippen molar-refractivity contribution in [3.05, 3.63) is 35.6 Å². The van der Waals surface area contributed by atoms with Crippen molar-refractivity contribution in [3.63, 3.8) is 0 Å². The Balaban J connectivity index is 1.76. The molecule has 1 heterocycles.